The van der Waals surface area contributed by atoms with E-state index in [2.05, 4.69) is 27.1 Å². The largest absolute Gasteiger partial charge is 0.438 e. The number of sulfonamides is 1. The smallest absolute Gasteiger partial charge is 0.287 e. The Labute approximate surface area is 158 Å². The van der Waals surface area contributed by atoms with Crippen molar-refractivity contribution in [2.24, 2.45) is 0 Å². The Hall–Kier alpha value is -2.20. The number of benzene rings is 1. The number of amides is 1. The average molecular weight is 393 g/mol. The van der Waals surface area contributed by atoms with Crippen molar-refractivity contribution < 1.29 is 22.4 Å². The minimum Gasteiger partial charge on any atom is -0.438 e. The van der Waals surface area contributed by atoms with Gasteiger partial charge in [-0.15, -0.1) is 0 Å². The standard InChI is InChI=1S/C18H23N3O5S/c1-19-27(23,24)17-8-7-16(26-17)18(22)20-11-15-13-21(9-10-25-15)12-14-5-3-2-4-6-14/h2-8,15,19H,9-13H2,1H3,(H,20,22). The van der Waals surface area contributed by atoms with E-state index in [-0.39, 0.29) is 17.0 Å². The van der Waals surface area contributed by atoms with Gasteiger partial charge in [-0.2, -0.15) is 0 Å². The number of ether oxygens (including phenoxy) is 1. The summed E-state index contributed by atoms with van der Waals surface area (Å²) in [5.74, 6) is -0.530. The van der Waals surface area contributed by atoms with Crippen LogP contribution in [0.2, 0.25) is 0 Å². The molecule has 2 N–H and O–H groups in total. The highest BCUT2D eigenvalue weighted by Gasteiger charge is 2.23. The molecule has 0 saturated carbocycles. The molecule has 1 amide bonds. The second-order valence-electron chi connectivity index (χ2n) is 6.25. The van der Waals surface area contributed by atoms with Crippen molar-refractivity contribution in [3.63, 3.8) is 0 Å². The van der Waals surface area contributed by atoms with Crippen LogP contribution in [0.25, 0.3) is 0 Å². The molecular weight excluding hydrogens is 370 g/mol. The number of furan rings is 1. The number of carbonyl (C=O) groups is 1. The first-order valence-electron chi connectivity index (χ1n) is 8.67. The Bertz CT molecular complexity index is 866. The number of nitrogens with zero attached hydrogens (tertiary/aromatic N) is 1. The third-order valence-corrected chi connectivity index (χ3v) is 5.59. The van der Waals surface area contributed by atoms with Crippen molar-refractivity contribution in [1.82, 2.24) is 14.9 Å². The lowest BCUT2D eigenvalue weighted by molar-refractivity contribution is -0.0293. The molecule has 2 aromatic rings. The molecule has 8 nitrogen and oxygen atoms in total. The lowest BCUT2D eigenvalue weighted by Gasteiger charge is -2.33. The summed E-state index contributed by atoms with van der Waals surface area (Å²) >= 11 is 0. The van der Waals surface area contributed by atoms with E-state index < -0.39 is 15.9 Å². The van der Waals surface area contributed by atoms with Crippen LogP contribution in [0.1, 0.15) is 16.1 Å². The fourth-order valence-corrected chi connectivity index (χ4v) is 3.52. The number of rotatable bonds is 7. The Morgan fingerprint density at radius 1 is 1.22 bits per heavy atom. The molecule has 146 valence electrons. The van der Waals surface area contributed by atoms with Gasteiger partial charge in [-0.1, -0.05) is 30.3 Å². The van der Waals surface area contributed by atoms with Gasteiger partial charge in [0, 0.05) is 26.2 Å². The normalized spacial score (nSPS) is 18.3. The number of hydrogen-bond donors (Lipinski definition) is 2. The molecule has 1 unspecified atom stereocenters. The van der Waals surface area contributed by atoms with Crippen LogP contribution in [0.4, 0.5) is 0 Å². The summed E-state index contributed by atoms with van der Waals surface area (Å²) in [6, 6.07) is 12.8. The first-order chi connectivity index (χ1) is 13.0. The van der Waals surface area contributed by atoms with Crippen LogP contribution in [0.5, 0.6) is 0 Å². The summed E-state index contributed by atoms with van der Waals surface area (Å²) in [5, 5.41) is 2.44. The topological polar surface area (TPSA) is 101 Å². The second kappa shape index (κ2) is 8.66. The predicted octanol–water partition coefficient (Wildman–Crippen LogP) is 0.819. The zero-order valence-electron chi connectivity index (χ0n) is 15.1. The summed E-state index contributed by atoms with van der Waals surface area (Å²) < 4.78 is 36.3. The van der Waals surface area contributed by atoms with E-state index in [0.717, 1.165) is 13.1 Å². The van der Waals surface area contributed by atoms with Gasteiger partial charge in [0.2, 0.25) is 5.09 Å². The van der Waals surface area contributed by atoms with Gasteiger partial charge in [-0.3, -0.25) is 9.69 Å². The van der Waals surface area contributed by atoms with Crippen LogP contribution >= 0.6 is 0 Å². The third-order valence-electron chi connectivity index (χ3n) is 4.30. The fourth-order valence-electron chi connectivity index (χ4n) is 2.87. The van der Waals surface area contributed by atoms with Crippen LogP contribution in [-0.2, 0) is 21.3 Å². The van der Waals surface area contributed by atoms with Gasteiger partial charge < -0.3 is 14.5 Å². The Balaban J connectivity index is 1.51. The summed E-state index contributed by atoms with van der Waals surface area (Å²) in [6.45, 7) is 3.28. The van der Waals surface area contributed by atoms with Crippen LogP contribution in [0.3, 0.4) is 0 Å². The molecule has 1 fully saturated rings. The second-order valence-corrected chi connectivity index (χ2v) is 8.07. The SMILES string of the molecule is CNS(=O)(=O)c1ccc(C(=O)NCC2CN(Cc3ccccc3)CCO2)o1. The number of carbonyl (C=O) groups excluding carboxylic acids is 1. The molecule has 1 aromatic heterocycles. The van der Waals surface area contributed by atoms with Crippen LogP contribution in [-0.4, -0.2) is 58.6 Å². The van der Waals surface area contributed by atoms with Gasteiger partial charge in [-0.05, 0) is 24.7 Å². The van der Waals surface area contributed by atoms with Crippen molar-refractivity contribution >= 4 is 15.9 Å². The summed E-state index contributed by atoms with van der Waals surface area (Å²) in [7, 11) is -2.43. The minimum atomic E-state index is -3.71. The quantitative estimate of drug-likeness (QED) is 0.722. The maximum Gasteiger partial charge on any atom is 0.287 e. The lowest BCUT2D eigenvalue weighted by Crippen LogP contribution is -2.47. The van der Waals surface area contributed by atoms with E-state index in [0.29, 0.717) is 19.7 Å². The molecule has 1 saturated heterocycles. The van der Waals surface area contributed by atoms with Crippen LogP contribution in [0.15, 0.2) is 52.0 Å². The van der Waals surface area contributed by atoms with E-state index in [1.807, 2.05) is 18.2 Å². The van der Waals surface area contributed by atoms with E-state index >= 15 is 0 Å². The van der Waals surface area contributed by atoms with Crippen LogP contribution in [0, 0.1) is 0 Å². The highest BCUT2D eigenvalue weighted by Crippen LogP contribution is 2.14. The molecule has 0 spiro atoms. The Morgan fingerprint density at radius 3 is 2.74 bits per heavy atom. The summed E-state index contributed by atoms with van der Waals surface area (Å²) in [4.78, 5) is 14.5. The maximum absolute atomic E-state index is 12.2. The molecule has 2 heterocycles. The number of hydrogen-bond acceptors (Lipinski definition) is 6. The van der Waals surface area contributed by atoms with Gasteiger partial charge >= 0.3 is 0 Å². The van der Waals surface area contributed by atoms with E-state index in [4.69, 9.17) is 9.15 Å². The first kappa shape index (κ1) is 19.6. The molecule has 9 heteroatoms. The molecule has 1 aliphatic heterocycles. The Kier molecular flexibility index (Phi) is 6.27. The highest BCUT2D eigenvalue weighted by molar-refractivity contribution is 7.89. The van der Waals surface area contributed by atoms with Gasteiger partial charge in [0.1, 0.15) is 0 Å². The molecule has 27 heavy (non-hydrogen) atoms. The van der Waals surface area contributed by atoms with Crippen molar-refractivity contribution in [3.8, 4) is 0 Å². The summed E-state index contributed by atoms with van der Waals surface area (Å²) in [6.07, 6.45) is -0.137. The van der Waals surface area contributed by atoms with Gasteiger partial charge in [0.15, 0.2) is 5.76 Å². The minimum absolute atomic E-state index is 0.0548. The van der Waals surface area contributed by atoms with Gasteiger partial charge in [0.25, 0.3) is 15.9 Å². The first-order valence-corrected chi connectivity index (χ1v) is 10.2. The molecule has 0 bridgehead atoms. The monoisotopic (exact) mass is 393 g/mol. The van der Waals surface area contributed by atoms with Crippen molar-refractivity contribution in [3.05, 3.63) is 53.8 Å². The van der Waals surface area contributed by atoms with E-state index in [9.17, 15) is 13.2 Å². The lowest BCUT2D eigenvalue weighted by atomic mass is 10.2. The molecular formula is C18H23N3O5S. The maximum atomic E-state index is 12.2. The highest BCUT2D eigenvalue weighted by atomic mass is 32.2. The average Bonchev–Trinajstić information content (AvgIpc) is 3.18. The predicted molar refractivity (Wildman–Crippen MR) is 98.7 cm³/mol. The zero-order valence-corrected chi connectivity index (χ0v) is 15.9. The van der Waals surface area contributed by atoms with Gasteiger partial charge in [-0.25, -0.2) is 13.1 Å². The van der Waals surface area contributed by atoms with Crippen molar-refractivity contribution in [2.45, 2.75) is 17.7 Å². The molecule has 0 aliphatic carbocycles. The number of morpholine rings is 1. The fraction of sp³-hybridized carbons (Fsp3) is 0.389. The van der Waals surface area contributed by atoms with Crippen molar-refractivity contribution in [2.75, 3.05) is 33.3 Å². The van der Waals surface area contributed by atoms with E-state index in [1.54, 1.807) is 0 Å². The van der Waals surface area contributed by atoms with Gasteiger partial charge in [0.05, 0.1) is 12.7 Å². The molecule has 1 aliphatic rings. The molecule has 1 atom stereocenters. The summed E-state index contributed by atoms with van der Waals surface area (Å²) in [5.41, 5.74) is 1.23. The molecule has 1 aromatic carbocycles. The van der Waals surface area contributed by atoms with E-state index in [1.165, 1.54) is 24.7 Å². The van der Waals surface area contributed by atoms with Crippen LogP contribution < -0.4 is 10.0 Å². The third kappa shape index (κ3) is 5.16. The molecule has 3 rings (SSSR count). The molecule has 0 radical (unpaired) electrons. The zero-order chi connectivity index (χ0) is 19.3. The Morgan fingerprint density at radius 2 is 2.00 bits per heavy atom. The number of nitrogens with one attached hydrogen (secondary N) is 2. The van der Waals surface area contributed by atoms with Crippen molar-refractivity contribution in [1.29, 1.82) is 0 Å².